The van der Waals surface area contributed by atoms with E-state index >= 15 is 0 Å². The average Bonchev–Trinajstić information content (AvgIpc) is 3.06. The van der Waals surface area contributed by atoms with Gasteiger partial charge in [-0.2, -0.15) is 13.2 Å². The van der Waals surface area contributed by atoms with Gasteiger partial charge in [0, 0.05) is 12.5 Å². The van der Waals surface area contributed by atoms with Crippen LogP contribution in [0.15, 0.2) is 91.0 Å². The van der Waals surface area contributed by atoms with Crippen molar-refractivity contribution in [3.8, 4) is 0 Å². The maximum absolute atomic E-state index is 13.1. The van der Waals surface area contributed by atoms with E-state index in [0.717, 1.165) is 28.5 Å². The van der Waals surface area contributed by atoms with Gasteiger partial charge < -0.3 is 0 Å². The van der Waals surface area contributed by atoms with Crippen LogP contribution in [0.3, 0.4) is 0 Å². The van der Waals surface area contributed by atoms with E-state index in [1.807, 2.05) is 42.5 Å². The molecule has 1 heterocycles. The quantitative estimate of drug-likeness (QED) is 0.347. The predicted octanol–water partition coefficient (Wildman–Crippen LogP) is 6.29. The van der Waals surface area contributed by atoms with Crippen molar-refractivity contribution < 1.29 is 22.8 Å². The van der Waals surface area contributed by atoms with Crippen molar-refractivity contribution in [2.75, 3.05) is 6.54 Å². The van der Waals surface area contributed by atoms with Gasteiger partial charge in [0.15, 0.2) is 0 Å². The van der Waals surface area contributed by atoms with Crippen LogP contribution in [0, 0.1) is 0 Å². The zero-order valence-corrected chi connectivity index (χ0v) is 17.3. The molecule has 1 atom stereocenters. The van der Waals surface area contributed by atoms with Gasteiger partial charge in [-0.15, -0.1) is 0 Å². The molecule has 0 saturated carbocycles. The van der Waals surface area contributed by atoms with Crippen LogP contribution in [-0.4, -0.2) is 23.3 Å². The molecule has 33 heavy (non-hydrogen) atoms. The van der Waals surface area contributed by atoms with Gasteiger partial charge in [0.1, 0.15) is 0 Å². The number of hydrogen-bond donors (Lipinski definition) is 0. The van der Waals surface area contributed by atoms with Crippen LogP contribution in [-0.2, 0) is 6.18 Å². The van der Waals surface area contributed by atoms with Crippen LogP contribution in [0.4, 0.5) is 13.2 Å². The van der Waals surface area contributed by atoms with Crippen LogP contribution >= 0.6 is 0 Å². The van der Waals surface area contributed by atoms with E-state index in [1.165, 1.54) is 17.0 Å². The molecule has 0 aromatic heterocycles. The topological polar surface area (TPSA) is 37.4 Å². The Hall–Kier alpha value is -3.93. The van der Waals surface area contributed by atoms with Gasteiger partial charge in [-0.05, 0) is 46.2 Å². The standard InChI is InChI=1S/C27H18F3NO2/c28-27(29,30)19-14-12-18(13-15-19)24(21-11-5-7-17-6-1-2-8-20(17)21)16-31-25(32)22-9-3-4-10-23(22)26(31)33/h1-15,24H,16H2. The molecule has 2 amide bonds. The number of halogens is 3. The van der Waals surface area contributed by atoms with Gasteiger partial charge >= 0.3 is 6.18 Å². The molecule has 0 saturated heterocycles. The minimum Gasteiger partial charge on any atom is -0.273 e. The number of rotatable bonds is 4. The van der Waals surface area contributed by atoms with Gasteiger partial charge in [0.25, 0.3) is 11.8 Å². The number of fused-ring (bicyclic) bond motifs is 2. The smallest absolute Gasteiger partial charge is 0.273 e. The molecular weight excluding hydrogens is 427 g/mol. The van der Waals surface area contributed by atoms with E-state index in [0.29, 0.717) is 16.7 Å². The first-order chi connectivity index (χ1) is 15.8. The summed E-state index contributed by atoms with van der Waals surface area (Å²) in [6.07, 6.45) is -4.45. The first-order valence-electron chi connectivity index (χ1n) is 10.4. The third kappa shape index (κ3) is 3.67. The van der Waals surface area contributed by atoms with E-state index in [4.69, 9.17) is 0 Å². The predicted molar refractivity (Wildman–Crippen MR) is 119 cm³/mol. The highest BCUT2D eigenvalue weighted by Crippen LogP contribution is 2.36. The lowest BCUT2D eigenvalue weighted by Gasteiger charge is -2.25. The molecule has 164 valence electrons. The lowest BCUT2D eigenvalue weighted by Crippen LogP contribution is -2.34. The zero-order chi connectivity index (χ0) is 23.2. The molecule has 0 radical (unpaired) electrons. The van der Waals surface area contributed by atoms with Crippen LogP contribution in [0.2, 0.25) is 0 Å². The maximum atomic E-state index is 13.1. The maximum Gasteiger partial charge on any atom is 0.416 e. The molecule has 0 spiro atoms. The normalized spacial score (nSPS) is 14.6. The molecule has 1 unspecified atom stereocenters. The molecule has 3 nitrogen and oxygen atoms in total. The second kappa shape index (κ2) is 7.89. The largest absolute Gasteiger partial charge is 0.416 e. The number of amides is 2. The summed E-state index contributed by atoms with van der Waals surface area (Å²) in [6, 6.07) is 24.9. The number of benzene rings is 4. The molecule has 5 rings (SSSR count). The number of hydrogen-bond acceptors (Lipinski definition) is 2. The SMILES string of the molecule is O=C1c2ccccc2C(=O)N1CC(c1ccc(C(F)(F)F)cc1)c1cccc2ccccc12. The van der Waals surface area contributed by atoms with Crippen LogP contribution in [0.5, 0.6) is 0 Å². The van der Waals surface area contributed by atoms with Crippen molar-refractivity contribution in [2.24, 2.45) is 0 Å². The molecular formula is C27H18F3NO2. The molecule has 0 aliphatic carbocycles. The molecule has 6 heteroatoms. The van der Waals surface area contributed by atoms with Gasteiger partial charge in [-0.25, -0.2) is 0 Å². The third-order valence-corrected chi connectivity index (χ3v) is 6.08. The number of carbonyl (C=O) groups excluding carboxylic acids is 2. The minimum atomic E-state index is -4.45. The average molecular weight is 445 g/mol. The number of carbonyl (C=O) groups is 2. The highest BCUT2D eigenvalue weighted by Gasteiger charge is 2.37. The highest BCUT2D eigenvalue weighted by molar-refractivity contribution is 6.21. The van der Waals surface area contributed by atoms with Crippen LogP contribution in [0.1, 0.15) is 43.3 Å². The Balaban J connectivity index is 1.61. The van der Waals surface area contributed by atoms with E-state index in [1.54, 1.807) is 24.3 Å². The Morgan fingerprint density at radius 2 is 1.27 bits per heavy atom. The van der Waals surface area contributed by atoms with Crippen molar-refractivity contribution in [1.29, 1.82) is 0 Å². The zero-order valence-electron chi connectivity index (χ0n) is 17.3. The number of imide groups is 1. The molecule has 0 N–H and O–H groups in total. The molecule has 1 aliphatic rings. The fourth-order valence-corrected chi connectivity index (χ4v) is 4.43. The summed E-state index contributed by atoms with van der Waals surface area (Å²) in [6.45, 7) is 0.0196. The first kappa shape index (κ1) is 20.9. The molecule has 0 fully saturated rings. The van der Waals surface area contributed by atoms with Crippen LogP contribution in [0.25, 0.3) is 10.8 Å². The van der Waals surface area contributed by atoms with Crippen molar-refractivity contribution in [3.05, 3.63) is 119 Å². The Kier molecular flexibility index (Phi) is 5.01. The monoisotopic (exact) mass is 445 g/mol. The van der Waals surface area contributed by atoms with Crippen molar-refractivity contribution in [3.63, 3.8) is 0 Å². The summed E-state index contributed by atoms with van der Waals surface area (Å²) in [5.74, 6) is -1.29. The summed E-state index contributed by atoms with van der Waals surface area (Å²) in [5, 5.41) is 1.88. The van der Waals surface area contributed by atoms with Gasteiger partial charge in [-0.1, -0.05) is 66.7 Å². The van der Waals surface area contributed by atoms with E-state index < -0.39 is 29.5 Å². The highest BCUT2D eigenvalue weighted by atomic mass is 19.4. The molecule has 4 aromatic carbocycles. The van der Waals surface area contributed by atoms with Crippen molar-refractivity contribution in [1.82, 2.24) is 4.90 Å². The fourth-order valence-electron chi connectivity index (χ4n) is 4.43. The minimum absolute atomic E-state index is 0.0196. The third-order valence-electron chi connectivity index (χ3n) is 6.08. The summed E-state index contributed by atoms with van der Waals surface area (Å²) in [7, 11) is 0. The van der Waals surface area contributed by atoms with E-state index in [-0.39, 0.29) is 6.54 Å². The molecule has 1 aliphatic heterocycles. The van der Waals surface area contributed by atoms with Crippen molar-refractivity contribution in [2.45, 2.75) is 12.1 Å². The van der Waals surface area contributed by atoms with Gasteiger partial charge in [-0.3, -0.25) is 14.5 Å². The summed E-state index contributed by atoms with van der Waals surface area (Å²) in [5.41, 5.74) is 1.36. The lowest BCUT2D eigenvalue weighted by molar-refractivity contribution is -0.137. The van der Waals surface area contributed by atoms with Crippen LogP contribution < -0.4 is 0 Å². The molecule has 4 aromatic rings. The lowest BCUT2D eigenvalue weighted by atomic mass is 9.87. The Bertz CT molecular complexity index is 1340. The van der Waals surface area contributed by atoms with Gasteiger partial charge in [0.2, 0.25) is 0 Å². The van der Waals surface area contributed by atoms with Crippen molar-refractivity contribution >= 4 is 22.6 Å². The Morgan fingerprint density at radius 3 is 1.91 bits per heavy atom. The second-order valence-corrected chi connectivity index (χ2v) is 8.01. The molecule has 0 bridgehead atoms. The summed E-state index contributed by atoms with van der Waals surface area (Å²) >= 11 is 0. The number of nitrogens with zero attached hydrogens (tertiary/aromatic N) is 1. The Morgan fingerprint density at radius 1 is 0.697 bits per heavy atom. The Labute approximate surface area is 188 Å². The summed E-state index contributed by atoms with van der Waals surface area (Å²) in [4.78, 5) is 27.2. The summed E-state index contributed by atoms with van der Waals surface area (Å²) < 4.78 is 39.4. The second-order valence-electron chi connectivity index (χ2n) is 8.01. The number of alkyl halides is 3. The fraction of sp³-hybridized carbons (Fsp3) is 0.111. The first-order valence-corrected chi connectivity index (χ1v) is 10.4. The van der Waals surface area contributed by atoms with Gasteiger partial charge in [0.05, 0.1) is 16.7 Å². The van der Waals surface area contributed by atoms with E-state index in [2.05, 4.69) is 0 Å². The van der Waals surface area contributed by atoms with E-state index in [9.17, 15) is 22.8 Å².